The molecule has 0 aromatic heterocycles. The Bertz CT molecular complexity index is 1060. The van der Waals surface area contributed by atoms with E-state index in [1.807, 2.05) is 30.3 Å². The number of ether oxygens (including phenoxy) is 4. The summed E-state index contributed by atoms with van der Waals surface area (Å²) in [6, 6.07) is 14.2. The molecule has 0 aliphatic carbocycles. The van der Waals surface area contributed by atoms with E-state index in [0.29, 0.717) is 23.5 Å². The SMILES string of the molecule is COc1cc(CC(=O)O[C@H](C)C[C@@H](O)[C@H](SC)C(=O)N2C(=O)OC[C@@H]2Cc2ccccc2)cc(OC)c1. The Balaban J connectivity index is 1.59. The molecule has 9 nitrogen and oxygen atoms in total. The van der Waals surface area contributed by atoms with Gasteiger partial charge in [-0.15, -0.1) is 11.8 Å². The number of methoxy groups -OCH3 is 2. The lowest BCUT2D eigenvalue weighted by Crippen LogP contribution is -2.48. The van der Waals surface area contributed by atoms with Crippen molar-refractivity contribution in [2.45, 2.75) is 49.7 Å². The minimum absolute atomic E-state index is 0.0142. The van der Waals surface area contributed by atoms with Gasteiger partial charge in [-0.25, -0.2) is 9.69 Å². The van der Waals surface area contributed by atoms with Gasteiger partial charge in [-0.2, -0.15) is 0 Å². The van der Waals surface area contributed by atoms with Crippen LogP contribution in [0.5, 0.6) is 11.5 Å². The number of carbonyl (C=O) groups excluding carboxylic acids is 3. The number of thioether (sulfide) groups is 1. The predicted octanol–water partition coefficient (Wildman–Crippen LogP) is 3.25. The third kappa shape index (κ3) is 7.62. The smallest absolute Gasteiger partial charge is 0.417 e. The molecule has 37 heavy (non-hydrogen) atoms. The maximum atomic E-state index is 13.3. The first kappa shape index (κ1) is 28.3. The maximum Gasteiger partial charge on any atom is 0.417 e. The van der Waals surface area contributed by atoms with Gasteiger partial charge in [0.15, 0.2) is 0 Å². The minimum atomic E-state index is -1.15. The van der Waals surface area contributed by atoms with E-state index < -0.39 is 41.5 Å². The van der Waals surface area contributed by atoms with Gasteiger partial charge in [-0.05, 0) is 42.9 Å². The van der Waals surface area contributed by atoms with Crippen LogP contribution >= 0.6 is 11.8 Å². The highest BCUT2D eigenvalue weighted by molar-refractivity contribution is 8.00. The number of esters is 1. The number of hydrogen-bond acceptors (Lipinski definition) is 9. The molecule has 10 heteroatoms. The van der Waals surface area contributed by atoms with Gasteiger partial charge in [-0.1, -0.05) is 30.3 Å². The van der Waals surface area contributed by atoms with Gasteiger partial charge >= 0.3 is 12.1 Å². The average Bonchev–Trinajstić information content (AvgIpc) is 3.23. The minimum Gasteiger partial charge on any atom is -0.497 e. The molecular formula is C27H33NO8S. The Kier molecular flexibility index (Phi) is 10.2. The highest BCUT2D eigenvalue weighted by atomic mass is 32.2. The van der Waals surface area contributed by atoms with E-state index in [2.05, 4.69) is 0 Å². The van der Waals surface area contributed by atoms with Gasteiger partial charge < -0.3 is 24.1 Å². The number of aliphatic hydroxyl groups is 1. The van der Waals surface area contributed by atoms with Crippen molar-refractivity contribution in [2.24, 2.45) is 0 Å². The fraction of sp³-hybridized carbons (Fsp3) is 0.444. The number of benzene rings is 2. The van der Waals surface area contributed by atoms with E-state index in [1.165, 1.54) is 14.2 Å². The molecule has 1 aliphatic rings. The number of imide groups is 1. The third-order valence-corrected chi connectivity index (χ3v) is 7.05. The van der Waals surface area contributed by atoms with Crippen LogP contribution in [-0.2, 0) is 31.9 Å². The molecule has 3 rings (SSSR count). The molecule has 1 heterocycles. The molecule has 1 aliphatic heterocycles. The number of rotatable bonds is 12. The van der Waals surface area contributed by atoms with Crippen LogP contribution in [0, 0.1) is 0 Å². The van der Waals surface area contributed by atoms with Crippen molar-refractivity contribution in [3.8, 4) is 11.5 Å². The van der Waals surface area contributed by atoms with Crippen LogP contribution in [0.1, 0.15) is 24.5 Å². The van der Waals surface area contributed by atoms with Gasteiger partial charge in [0.05, 0.1) is 32.8 Å². The topological polar surface area (TPSA) is 112 Å². The molecule has 1 fully saturated rings. The van der Waals surface area contributed by atoms with Crippen molar-refractivity contribution in [1.29, 1.82) is 0 Å². The Morgan fingerprint density at radius 3 is 2.35 bits per heavy atom. The molecule has 200 valence electrons. The van der Waals surface area contributed by atoms with Crippen LogP contribution in [0.15, 0.2) is 48.5 Å². The van der Waals surface area contributed by atoms with E-state index in [4.69, 9.17) is 18.9 Å². The summed E-state index contributed by atoms with van der Waals surface area (Å²) < 4.78 is 21.1. The first-order valence-electron chi connectivity index (χ1n) is 11.9. The number of nitrogens with zero attached hydrogens (tertiary/aromatic N) is 1. The zero-order valence-electron chi connectivity index (χ0n) is 21.4. The summed E-state index contributed by atoms with van der Waals surface area (Å²) in [6.07, 6.45) is -0.372. The van der Waals surface area contributed by atoms with Crippen molar-refractivity contribution in [3.63, 3.8) is 0 Å². The second kappa shape index (κ2) is 13.3. The summed E-state index contributed by atoms with van der Waals surface area (Å²) in [5.41, 5.74) is 1.63. The normalized spacial score (nSPS) is 17.5. The van der Waals surface area contributed by atoms with Crippen LogP contribution in [0.25, 0.3) is 0 Å². The number of amides is 2. The van der Waals surface area contributed by atoms with Crippen LogP contribution in [0.2, 0.25) is 0 Å². The Labute approximate surface area is 221 Å². The molecule has 2 aromatic rings. The summed E-state index contributed by atoms with van der Waals surface area (Å²) in [6.45, 7) is 1.75. The van der Waals surface area contributed by atoms with Crippen molar-refractivity contribution in [2.75, 3.05) is 27.1 Å². The van der Waals surface area contributed by atoms with Gasteiger partial charge in [0.2, 0.25) is 5.91 Å². The third-order valence-electron chi connectivity index (χ3n) is 6.03. The molecule has 4 atom stereocenters. The summed E-state index contributed by atoms with van der Waals surface area (Å²) in [4.78, 5) is 39.3. The molecule has 2 amide bonds. The van der Waals surface area contributed by atoms with Gasteiger partial charge in [0.1, 0.15) is 29.5 Å². The van der Waals surface area contributed by atoms with Crippen LogP contribution < -0.4 is 9.47 Å². The highest BCUT2D eigenvalue weighted by Crippen LogP contribution is 2.26. The number of hydrogen-bond donors (Lipinski definition) is 1. The van der Waals surface area contributed by atoms with E-state index in [-0.39, 0.29) is 19.4 Å². The van der Waals surface area contributed by atoms with Crippen molar-refractivity contribution >= 4 is 29.7 Å². The largest absolute Gasteiger partial charge is 0.497 e. The molecule has 1 saturated heterocycles. The predicted molar refractivity (Wildman–Crippen MR) is 139 cm³/mol. The maximum absolute atomic E-state index is 13.3. The molecule has 2 aromatic carbocycles. The Morgan fingerprint density at radius 2 is 1.76 bits per heavy atom. The Hall–Kier alpha value is -3.24. The van der Waals surface area contributed by atoms with E-state index in [0.717, 1.165) is 22.2 Å². The van der Waals surface area contributed by atoms with Gasteiger partial charge in [-0.3, -0.25) is 9.59 Å². The summed E-state index contributed by atoms with van der Waals surface area (Å²) >= 11 is 1.14. The molecule has 0 spiro atoms. The van der Waals surface area contributed by atoms with Gasteiger partial charge in [0.25, 0.3) is 0 Å². The molecule has 0 saturated carbocycles. The van der Waals surface area contributed by atoms with Gasteiger partial charge in [0, 0.05) is 12.5 Å². The highest BCUT2D eigenvalue weighted by Gasteiger charge is 2.42. The molecular weight excluding hydrogens is 498 g/mol. The molecule has 0 unspecified atom stereocenters. The van der Waals surface area contributed by atoms with Crippen LogP contribution in [0.3, 0.4) is 0 Å². The number of carbonyl (C=O) groups is 3. The molecule has 1 N–H and O–H groups in total. The summed E-state index contributed by atoms with van der Waals surface area (Å²) in [5.74, 6) is 0.0921. The summed E-state index contributed by atoms with van der Waals surface area (Å²) in [7, 11) is 3.05. The van der Waals surface area contributed by atoms with Crippen LogP contribution in [0.4, 0.5) is 4.79 Å². The van der Waals surface area contributed by atoms with E-state index >= 15 is 0 Å². The lowest BCUT2D eigenvalue weighted by atomic mass is 10.0. The van der Waals surface area contributed by atoms with E-state index in [9.17, 15) is 19.5 Å². The standard InChI is InChI=1S/C27H33NO8S/c1-17(36-24(30)14-19-12-21(33-2)15-22(13-19)34-3)10-23(29)25(37-4)26(31)28-20(16-35-27(28)32)11-18-8-6-5-7-9-18/h5-9,12-13,15,17,20,23,25,29H,10-11,14,16H2,1-4H3/t17-,20+,23-,25+/m1/s1. The quantitative estimate of drug-likeness (QED) is 0.413. The van der Waals surface area contributed by atoms with Crippen molar-refractivity contribution < 1.29 is 38.4 Å². The van der Waals surface area contributed by atoms with Crippen molar-refractivity contribution in [1.82, 2.24) is 4.90 Å². The zero-order valence-corrected chi connectivity index (χ0v) is 22.2. The first-order chi connectivity index (χ1) is 17.7. The number of cyclic esters (lactones) is 1. The molecule has 0 radical (unpaired) electrons. The second-order valence-electron chi connectivity index (χ2n) is 8.79. The van der Waals surface area contributed by atoms with Crippen LogP contribution in [-0.4, -0.2) is 78.6 Å². The average molecular weight is 532 g/mol. The zero-order chi connectivity index (χ0) is 26.9. The van der Waals surface area contributed by atoms with Crippen molar-refractivity contribution in [3.05, 3.63) is 59.7 Å². The summed E-state index contributed by atoms with van der Waals surface area (Å²) in [5, 5.41) is 9.94. The lowest BCUT2D eigenvalue weighted by molar-refractivity contribution is -0.148. The molecule has 0 bridgehead atoms. The Morgan fingerprint density at radius 1 is 1.11 bits per heavy atom. The first-order valence-corrected chi connectivity index (χ1v) is 13.2. The van der Waals surface area contributed by atoms with E-state index in [1.54, 1.807) is 31.4 Å². The fourth-order valence-corrected chi connectivity index (χ4v) is 4.98. The monoisotopic (exact) mass is 531 g/mol. The fourth-order valence-electron chi connectivity index (χ4n) is 4.24. The lowest BCUT2D eigenvalue weighted by Gasteiger charge is -2.28. The number of aliphatic hydroxyl groups excluding tert-OH is 1. The second-order valence-corrected chi connectivity index (χ2v) is 9.77.